The zero-order chi connectivity index (χ0) is 8.91. The summed E-state index contributed by atoms with van der Waals surface area (Å²) >= 11 is 5.43. The maximum Gasteiger partial charge on any atom is 0.239 e. The number of carbonyl (C=O) groups is 1. The number of hydrogen-bond acceptors (Lipinski definition) is 2. The molecule has 0 saturated heterocycles. The predicted molar refractivity (Wildman–Crippen MR) is 43.1 cm³/mol. The molecule has 1 atom stereocenters. The smallest absolute Gasteiger partial charge is 0.239 e. The zero-order valence-corrected chi connectivity index (χ0v) is 7.40. The Kier molecular flexibility index (Phi) is 3.91. The van der Waals surface area contributed by atoms with Gasteiger partial charge < -0.3 is 5.32 Å². The lowest BCUT2D eigenvalue weighted by Gasteiger charge is -2.17. The molecule has 0 fully saturated rings. The van der Waals surface area contributed by atoms with Gasteiger partial charge in [-0.1, -0.05) is 0 Å². The van der Waals surface area contributed by atoms with Gasteiger partial charge in [-0.25, -0.2) is 0 Å². The lowest BCUT2D eigenvalue weighted by atomic mass is 9.88. The molecule has 62 valence electrons. The highest BCUT2D eigenvalue weighted by Gasteiger charge is 2.31. The second kappa shape index (κ2) is 4.20. The molecule has 0 heterocycles. The van der Waals surface area contributed by atoms with Crippen LogP contribution in [0.2, 0.25) is 0 Å². The van der Waals surface area contributed by atoms with Gasteiger partial charge in [-0.2, -0.15) is 5.26 Å². The largest absolute Gasteiger partial charge is 0.358 e. The Bertz CT molecular complexity index is 187. The molecule has 0 aromatic heterocycles. The number of carbonyl (C=O) groups excluding carboxylic acids is 1. The quantitative estimate of drug-likeness (QED) is 0.647. The molecule has 1 N–H and O–H groups in total. The molecule has 0 spiro atoms. The lowest BCUT2D eigenvalue weighted by Crippen LogP contribution is -2.36. The fraction of sp³-hybridized carbons (Fsp3) is 0.714. The van der Waals surface area contributed by atoms with Crippen molar-refractivity contribution in [2.24, 2.45) is 5.41 Å². The summed E-state index contributed by atoms with van der Waals surface area (Å²) < 4.78 is 0. The van der Waals surface area contributed by atoms with Crippen LogP contribution in [0.3, 0.4) is 0 Å². The van der Waals surface area contributed by atoms with Gasteiger partial charge in [-0.15, -0.1) is 11.6 Å². The van der Waals surface area contributed by atoms with Crippen molar-refractivity contribution in [3.63, 3.8) is 0 Å². The minimum Gasteiger partial charge on any atom is -0.358 e. The normalized spacial score (nSPS) is 14.7. The maximum atomic E-state index is 11.1. The van der Waals surface area contributed by atoms with Crippen molar-refractivity contribution in [3.8, 4) is 6.07 Å². The van der Waals surface area contributed by atoms with Crippen LogP contribution in [0.15, 0.2) is 0 Å². The molecule has 0 bridgehead atoms. The molecule has 0 aromatic rings. The molecule has 11 heavy (non-hydrogen) atoms. The summed E-state index contributed by atoms with van der Waals surface area (Å²) in [5.74, 6) is 0.0398. The Morgan fingerprint density at radius 3 is 2.64 bits per heavy atom. The third kappa shape index (κ3) is 2.39. The molecular weight excluding hydrogens is 164 g/mol. The van der Waals surface area contributed by atoms with Gasteiger partial charge in [0.15, 0.2) is 0 Å². The number of amides is 1. The minimum atomic E-state index is -0.976. The summed E-state index contributed by atoms with van der Waals surface area (Å²) in [7, 11) is 1.51. The van der Waals surface area contributed by atoms with Gasteiger partial charge in [-0.05, 0) is 13.3 Å². The SMILES string of the molecule is CNC(=O)C(C)(C#N)CCCl. The Morgan fingerprint density at radius 1 is 1.82 bits per heavy atom. The number of nitriles is 1. The summed E-state index contributed by atoms with van der Waals surface area (Å²) in [6, 6.07) is 1.93. The first kappa shape index (κ1) is 10.2. The number of rotatable bonds is 3. The van der Waals surface area contributed by atoms with E-state index in [-0.39, 0.29) is 5.91 Å². The molecule has 1 amide bonds. The number of alkyl halides is 1. The average Bonchev–Trinajstić information content (AvgIpc) is 2.03. The van der Waals surface area contributed by atoms with E-state index in [1.165, 1.54) is 7.05 Å². The van der Waals surface area contributed by atoms with Gasteiger partial charge in [0.25, 0.3) is 0 Å². The lowest BCUT2D eigenvalue weighted by molar-refractivity contribution is -0.127. The predicted octanol–water partition coefficient (Wildman–Crippen LogP) is 0.891. The van der Waals surface area contributed by atoms with E-state index in [4.69, 9.17) is 16.9 Å². The third-order valence-corrected chi connectivity index (χ3v) is 1.76. The first-order chi connectivity index (χ1) is 5.10. The highest BCUT2D eigenvalue weighted by Crippen LogP contribution is 2.20. The fourth-order valence-corrected chi connectivity index (χ4v) is 1.06. The van der Waals surface area contributed by atoms with Crippen LogP contribution in [0.5, 0.6) is 0 Å². The molecule has 0 aliphatic heterocycles. The van der Waals surface area contributed by atoms with Gasteiger partial charge in [-0.3, -0.25) is 4.79 Å². The Hall–Kier alpha value is -0.750. The van der Waals surface area contributed by atoms with Crippen LogP contribution in [-0.2, 0) is 4.79 Å². The summed E-state index contributed by atoms with van der Waals surface area (Å²) in [6.45, 7) is 1.58. The van der Waals surface area contributed by atoms with E-state index in [2.05, 4.69) is 5.32 Å². The van der Waals surface area contributed by atoms with Crippen molar-refractivity contribution in [2.45, 2.75) is 13.3 Å². The molecule has 0 aliphatic rings. The molecule has 0 radical (unpaired) electrons. The fourth-order valence-electron chi connectivity index (χ4n) is 0.685. The van der Waals surface area contributed by atoms with Crippen LogP contribution in [-0.4, -0.2) is 18.8 Å². The van der Waals surface area contributed by atoms with Crippen LogP contribution in [0, 0.1) is 16.7 Å². The maximum absolute atomic E-state index is 11.1. The van der Waals surface area contributed by atoms with E-state index in [1.807, 2.05) is 6.07 Å². The second-order valence-electron chi connectivity index (χ2n) is 2.46. The molecule has 4 heteroatoms. The van der Waals surface area contributed by atoms with Gasteiger partial charge in [0.05, 0.1) is 6.07 Å². The third-order valence-electron chi connectivity index (χ3n) is 1.57. The molecule has 1 unspecified atom stereocenters. The van der Waals surface area contributed by atoms with Crippen LogP contribution in [0.4, 0.5) is 0 Å². The molecule has 3 nitrogen and oxygen atoms in total. The summed E-state index contributed by atoms with van der Waals surface area (Å²) in [4.78, 5) is 11.1. The molecule has 0 rings (SSSR count). The zero-order valence-electron chi connectivity index (χ0n) is 6.65. The Morgan fingerprint density at radius 2 is 2.36 bits per heavy atom. The van der Waals surface area contributed by atoms with Crippen LogP contribution < -0.4 is 5.32 Å². The molecular formula is C7H11ClN2O. The van der Waals surface area contributed by atoms with Crippen LogP contribution >= 0.6 is 11.6 Å². The Labute approximate surface area is 71.3 Å². The van der Waals surface area contributed by atoms with Gasteiger partial charge in [0.1, 0.15) is 5.41 Å². The van der Waals surface area contributed by atoms with E-state index in [0.29, 0.717) is 12.3 Å². The van der Waals surface area contributed by atoms with Crippen LogP contribution in [0.1, 0.15) is 13.3 Å². The standard InChI is InChI=1S/C7H11ClN2O/c1-7(5-9,3-4-8)6(11)10-2/h3-4H2,1-2H3,(H,10,11). The van der Waals surface area contributed by atoms with Crippen molar-refractivity contribution in [1.82, 2.24) is 5.32 Å². The molecule has 0 aliphatic carbocycles. The van der Waals surface area contributed by atoms with Crippen molar-refractivity contribution in [2.75, 3.05) is 12.9 Å². The van der Waals surface area contributed by atoms with E-state index >= 15 is 0 Å². The number of halogens is 1. The van der Waals surface area contributed by atoms with Gasteiger partial charge >= 0.3 is 0 Å². The first-order valence-electron chi connectivity index (χ1n) is 3.30. The second-order valence-corrected chi connectivity index (χ2v) is 2.84. The van der Waals surface area contributed by atoms with Crippen LogP contribution in [0.25, 0.3) is 0 Å². The summed E-state index contributed by atoms with van der Waals surface area (Å²) in [5.41, 5.74) is -0.976. The monoisotopic (exact) mass is 174 g/mol. The van der Waals surface area contributed by atoms with E-state index < -0.39 is 5.41 Å². The van der Waals surface area contributed by atoms with Crippen molar-refractivity contribution in [1.29, 1.82) is 5.26 Å². The number of nitrogens with zero attached hydrogens (tertiary/aromatic N) is 1. The van der Waals surface area contributed by atoms with E-state index in [1.54, 1.807) is 6.92 Å². The Balaban J connectivity index is 4.36. The number of nitrogens with one attached hydrogen (secondary N) is 1. The minimum absolute atomic E-state index is 0.277. The molecule has 0 saturated carbocycles. The van der Waals surface area contributed by atoms with Crippen molar-refractivity contribution in [3.05, 3.63) is 0 Å². The summed E-state index contributed by atoms with van der Waals surface area (Å²) in [6.07, 6.45) is 0.380. The first-order valence-corrected chi connectivity index (χ1v) is 3.83. The van der Waals surface area contributed by atoms with Crippen molar-refractivity contribution >= 4 is 17.5 Å². The summed E-state index contributed by atoms with van der Waals surface area (Å²) in [5, 5.41) is 11.1. The van der Waals surface area contributed by atoms with Crippen molar-refractivity contribution < 1.29 is 4.79 Å². The number of hydrogen-bond donors (Lipinski definition) is 1. The van der Waals surface area contributed by atoms with E-state index in [0.717, 1.165) is 0 Å². The average molecular weight is 175 g/mol. The molecule has 0 aromatic carbocycles. The topological polar surface area (TPSA) is 52.9 Å². The van der Waals surface area contributed by atoms with E-state index in [9.17, 15) is 4.79 Å². The van der Waals surface area contributed by atoms with Gasteiger partial charge in [0, 0.05) is 12.9 Å². The van der Waals surface area contributed by atoms with Gasteiger partial charge in [0.2, 0.25) is 5.91 Å². The highest BCUT2D eigenvalue weighted by atomic mass is 35.5. The highest BCUT2D eigenvalue weighted by molar-refractivity contribution is 6.18.